The first-order valence-corrected chi connectivity index (χ1v) is 7.26. The van der Waals surface area contributed by atoms with Gasteiger partial charge in [-0.05, 0) is 35.9 Å². The van der Waals surface area contributed by atoms with Crippen molar-refractivity contribution in [3.05, 3.63) is 89.7 Å². The summed E-state index contributed by atoms with van der Waals surface area (Å²) in [7, 11) is 0. The van der Waals surface area contributed by atoms with Gasteiger partial charge in [0.15, 0.2) is 0 Å². The molecule has 0 aliphatic rings. The fourth-order valence-electron chi connectivity index (χ4n) is 2.20. The molecule has 1 aromatic heterocycles. The molecule has 4 heteroatoms. The third-order valence-corrected chi connectivity index (χ3v) is 3.41. The molecule has 2 aromatic carbocycles. The molecule has 0 spiro atoms. The van der Waals surface area contributed by atoms with E-state index in [1.54, 1.807) is 42.6 Å². The fourth-order valence-corrected chi connectivity index (χ4v) is 2.20. The van der Waals surface area contributed by atoms with Crippen LogP contribution in [0.4, 0.5) is 5.69 Å². The van der Waals surface area contributed by atoms with E-state index >= 15 is 0 Å². The van der Waals surface area contributed by atoms with Crippen molar-refractivity contribution in [3.63, 3.8) is 0 Å². The summed E-state index contributed by atoms with van der Waals surface area (Å²) in [6.07, 6.45) is 1.59. The molecule has 3 aromatic rings. The van der Waals surface area contributed by atoms with Crippen LogP contribution in [0, 0.1) is 0 Å². The van der Waals surface area contributed by atoms with Gasteiger partial charge in [-0.25, -0.2) is 0 Å². The minimum Gasteiger partial charge on any atom is -0.487 e. The summed E-state index contributed by atoms with van der Waals surface area (Å²) < 4.78 is 5.71. The second-order valence-corrected chi connectivity index (χ2v) is 5.07. The molecule has 0 aliphatic carbocycles. The molecule has 4 nitrogen and oxygen atoms in total. The molecule has 114 valence electrons. The molecule has 0 fully saturated rings. The molecular formula is C19H16N2O2. The van der Waals surface area contributed by atoms with Crippen LogP contribution < -0.4 is 10.5 Å². The number of anilines is 1. The first-order valence-electron chi connectivity index (χ1n) is 7.26. The lowest BCUT2D eigenvalue weighted by atomic mass is 10.1. The predicted molar refractivity (Wildman–Crippen MR) is 89.3 cm³/mol. The lowest BCUT2D eigenvalue weighted by Crippen LogP contribution is -2.05. The number of rotatable bonds is 5. The molecule has 2 N–H and O–H groups in total. The molecule has 0 amide bonds. The van der Waals surface area contributed by atoms with Crippen molar-refractivity contribution >= 4 is 11.5 Å². The van der Waals surface area contributed by atoms with Crippen LogP contribution in [0.2, 0.25) is 0 Å². The number of aromatic nitrogens is 1. The number of carbonyl (C=O) groups is 1. The topological polar surface area (TPSA) is 65.2 Å². The highest BCUT2D eigenvalue weighted by Crippen LogP contribution is 2.24. The fraction of sp³-hybridized carbons (Fsp3) is 0.0526. The highest BCUT2D eigenvalue weighted by molar-refractivity contribution is 6.08. The number of hydrogen-bond acceptors (Lipinski definition) is 4. The summed E-state index contributed by atoms with van der Waals surface area (Å²) >= 11 is 0. The molecule has 0 saturated carbocycles. The molecule has 0 aliphatic heterocycles. The van der Waals surface area contributed by atoms with Crippen LogP contribution in [0.25, 0.3) is 0 Å². The zero-order valence-corrected chi connectivity index (χ0v) is 12.5. The summed E-state index contributed by atoms with van der Waals surface area (Å²) in [5, 5.41) is 0. The van der Waals surface area contributed by atoms with Gasteiger partial charge in [-0.15, -0.1) is 0 Å². The molecule has 1 heterocycles. The Balaban J connectivity index is 1.74. The van der Waals surface area contributed by atoms with E-state index in [1.807, 2.05) is 30.3 Å². The number of carbonyl (C=O) groups excluding carboxylic acids is 1. The number of nitrogens with zero attached hydrogens (tertiary/aromatic N) is 1. The molecule has 0 atom stereocenters. The summed E-state index contributed by atoms with van der Waals surface area (Å²) in [5.74, 6) is 0.401. The van der Waals surface area contributed by atoms with E-state index < -0.39 is 0 Å². The van der Waals surface area contributed by atoms with Crippen molar-refractivity contribution in [1.29, 1.82) is 0 Å². The Hall–Kier alpha value is -3.14. The van der Waals surface area contributed by atoms with Crippen LogP contribution in [-0.4, -0.2) is 10.8 Å². The van der Waals surface area contributed by atoms with Crippen molar-refractivity contribution in [2.45, 2.75) is 6.61 Å². The van der Waals surface area contributed by atoms with Gasteiger partial charge >= 0.3 is 0 Å². The van der Waals surface area contributed by atoms with Crippen molar-refractivity contribution in [2.24, 2.45) is 0 Å². The smallest absolute Gasteiger partial charge is 0.211 e. The van der Waals surface area contributed by atoms with E-state index in [4.69, 9.17) is 10.5 Å². The average molecular weight is 304 g/mol. The largest absolute Gasteiger partial charge is 0.487 e. The minimum absolute atomic E-state index is 0.160. The lowest BCUT2D eigenvalue weighted by molar-refractivity contribution is 0.103. The first kappa shape index (κ1) is 14.8. The predicted octanol–water partition coefficient (Wildman–Crippen LogP) is 3.47. The molecule has 23 heavy (non-hydrogen) atoms. The molecule has 0 saturated heterocycles. The lowest BCUT2D eigenvalue weighted by Gasteiger charge is -2.10. The number of ketones is 1. The number of ether oxygens (including phenoxy) is 1. The second-order valence-electron chi connectivity index (χ2n) is 5.07. The van der Waals surface area contributed by atoms with E-state index in [1.165, 1.54) is 0 Å². The van der Waals surface area contributed by atoms with Crippen molar-refractivity contribution in [3.8, 4) is 5.75 Å². The zero-order valence-electron chi connectivity index (χ0n) is 12.5. The normalized spacial score (nSPS) is 10.3. The van der Waals surface area contributed by atoms with E-state index in [0.717, 1.165) is 5.56 Å². The summed E-state index contributed by atoms with van der Waals surface area (Å²) in [6.45, 7) is 0.429. The van der Waals surface area contributed by atoms with Gasteiger partial charge in [0.05, 0.1) is 5.69 Å². The molecule has 3 rings (SSSR count). The van der Waals surface area contributed by atoms with Gasteiger partial charge in [-0.2, -0.15) is 0 Å². The van der Waals surface area contributed by atoms with Gasteiger partial charge < -0.3 is 10.5 Å². The summed E-state index contributed by atoms with van der Waals surface area (Å²) in [4.78, 5) is 16.4. The highest BCUT2D eigenvalue weighted by atomic mass is 16.5. The van der Waals surface area contributed by atoms with Gasteiger partial charge in [-0.1, -0.05) is 36.4 Å². The van der Waals surface area contributed by atoms with E-state index in [0.29, 0.717) is 29.3 Å². The van der Waals surface area contributed by atoms with Crippen LogP contribution in [-0.2, 0) is 6.61 Å². The summed E-state index contributed by atoms with van der Waals surface area (Å²) in [5.41, 5.74) is 8.38. The Morgan fingerprint density at radius 1 is 1.00 bits per heavy atom. The van der Waals surface area contributed by atoms with Crippen LogP contribution in [0.1, 0.15) is 21.6 Å². The number of nitrogens with two attached hydrogens (primary N) is 1. The van der Waals surface area contributed by atoms with Crippen LogP contribution in [0.5, 0.6) is 5.75 Å². The molecule has 0 bridgehead atoms. The minimum atomic E-state index is -0.160. The van der Waals surface area contributed by atoms with Gasteiger partial charge in [0.25, 0.3) is 0 Å². The Morgan fingerprint density at radius 2 is 1.78 bits per heavy atom. The number of pyridine rings is 1. The summed E-state index contributed by atoms with van der Waals surface area (Å²) in [6, 6.07) is 20.1. The third-order valence-electron chi connectivity index (χ3n) is 3.41. The monoisotopic (exact) mass is 304 g/mol. The quantitative estimate of drug-likeness (QED) is 0.579. The zero-order chi connectivity index (χ0) is 16.1. The second kappa shape index (κ2) is 6.75. The maximum Gasteiger partial charge on any atom is 0.211 e. The SMILES string of the molecule is Nc1cc(C(=O)c2ccccn2)ccc1OCc1ccccc1. The standard InChI is InChI=1S/C19H16N2O2/c20-16-12-15(19(22)17-8-4-5-11-21-17)9-10-18(16)23-13-14-6-2-1-3-7-14/h1-12H,13,20H2. The molecule has 0 unspecified atom stereocenters. The number of hydrogen-bond donors (Lipinski definition) is 1. The van der Waals surface area contributed by atoms with Gasteiger partial charge in [0, 0.05) is 11.8 Å². The van der Waals surface area contributed by atoms with Crippen molar-refractivity contribution < 1.29 is 9.53 Å². The molecular weight excluding hydrogens is 288 g/mol. The van der Waals surface area contributed by atoms with Crippen LogP contribution >= 0.6 is 0 Å². The number of nitrogen functional groups attached to an aromatic ring is 1. The maximum atomic E-state index is 12.3. The van der Waals surface area contributed by atoms with Crippen LogP contribution in [0.3, 0.4) is 0 Å². The Morgan fingerprint density at radius 3 is 2.48 bits per heavy atom. The van der Waals surface area contributed by atoms with E-state index in [-0.39, 0.29) is 5.78 Å². The number of benzene rings is 2. The van der Waals surface area contributed by atoms with Crippen LogP contribution in [0.15, 0.2) is 72.9 Å². The maximum absolute atomic E-state index is 12.3. The third kappa shape index (κ3) is 3.55. The van der Waals surface area contributed by atoms with Crippen molar-refractivity contribution in [1.82, 2.24) is 4.98 Å². The Labute approximate surface area is 134 Å². The van der Waals surface area contributed by atoms with E-state index in [2.05, 4.69) is 4.98 Å². The van der Waals surface area contributed by atoms with Gasteiger partial charge in [0.2, 0.25) is 5.78 Å². The van der Waals surface area contributed by atoms with Gasteiger partial charge in [0.1, 0.15) is 18.1 Å². The van der Waals surface area contributed by atoms with E-state index in [9.17, 15) is 4.79 Å². The first-order chi connectivity index (χ1) is 11.2. The Bertz CT molecular complexity index is 802. The van der Waals surface area contributed by atoms with Crippen molar-refractivity contribution in [2.75, 3.05) is 5.73 Å². The highest BCUT2D eigenvalue weighted by Gasteiger charge is 2.12. The van der Waals surface area contributed by atoms with Gasteiger partial charge in [-0.3, -0.25) is 9.78 Å². The Kier molecular flexibility index (Phi) is 4.34. The average Bonchev–Trinajstić information content (AvgIpc) is 2.61. The molecule has 0 radical (unpaired) electrons.